The molecule has 0 saturated heterocycles. The number of hydrogen-bond donors (Lipinski definition) is 1. The molecule has 7 heteroatoms. The first-order valence-corrected chi connectivity index (χ1v) is 11.4. The Hall–Kier alpha value is -1.30. The third kappa shape index (κ3) is 6.87. The summed E-state index contributed by atoms with van der Waals surface area (Å²) in [5, 5.41) is 3.65. The summed E-state index contributed by atoms with van der Waals surface area (Å²) in [4.78, 5) is 27.7. The van der Waals surface area contributed by atoms with Gasteiger partial charge in [-0.2, -0.15) is 0 Å². The lowest BCUT2D eigenvalue weighted by atomic mass is 9.85. The minimum Gasteiger partial charge on any atom is -0.382 e. The van der Waals surface area contributed by atoms with Crippen LogP contribution in [0.3, 0.4) is 0 Å². The standard InChI is InChI=1S/C22H32Cl2N2O3/c1-3-29-14-8-13-26(20(27)15-23)21(17-10-5-6-11-18(17)24)22(28)25-19-12-7-4-9-16(19)2/h5-6,10-11,16,19,21H,3-4,7-9,12-15H2,1-2H3,(H,25,28)/t16-,19-,21+/m1/s1. The molecular weight excluding hydrogens is 411 g/mol. The third-order valence-electron chi connectivity index (χ3n) is 5.53. The summed E-state index contributed by atoms with van der Waals surface area (Å²) in [5.41, 5.74) is 0.616. The Bertz CT molecular complexity index is 671. The number of rotatable bonds is 10. The molecule has 162 valence electrons. The number of alkyl halides is 1. The average Bonchev–Trinajstić information content (AvgIpc) is 2.72. The second-order valence-corrected chi connectivity index (χ2v) is 8.25. The monoisotopic (exact) mass is 442 g/mol. The summed E-state index contributed by atoms with van der Waals surface area (Å²) in [6.45, 7) is 5.58. The predicted molar refractivity (Wildman–Crippen MR) is 117 cm³/mol. The fourth-order valence-corrected chi connectivity index (χ4v) is 4.29. The lowest BCUT2D eigenvalue weighted by Crippen LogP contribution is -2.49. The van der Waals surface area contributed by atoms with Crippen molar-refractivity contribution < 1.29 is 14.3 Å². The highest BCUT2D eigenvalue weighted by atomic mass is 35.5. The van der Waals surface area contributed by atoms with Crippen molar-refractivity contribution in [3.63, 3.8) is 0 Å². The Kier molecular flexibility index (Phi) is 10.3. The van der Waals surface area contributed by atoms with Gasteiger partial charge < -0.3 is 15.0 Å². The number of carbonyl (C=O) groups excluding carboxylic acids is 2. The topological polar surface area (TPSA) is 58.6 Å². The van der Waals surface area contributed by atoms with Crippen LogP contribution in [0.5, 0.6) is 0 Å². The number of amides is 2. The largest absolute Gasteiger partial charge is 0.382 e. The zero-order valence-corrected chi connectivity index (χ0v) is 18.8. The maximum atomic E-state index is 13.4. The van der Waals surface area contributed by atoms with Crippen LogP contribution in [0.15, 0.2) is 24.3 Å². The number of benzene rings is 1. The summed E-state index contributed by atoms with van der Waals surface area (Å²) in [7, 11) is 0. The highest BCUT2D eigenvalue weighted by Crippen LogP contribution is 2.30. The van der Waals surface area contributed by atoms with Gasteiger partial charge in [0.1, 0.15) is 11.9 Å². The molecule has 3 atom stereocenters. The Balaban J connectivity index is 2.29. The van der Waals surface area contributed by atoms with Crippen molar-refractivity contribution in [2.45, 2.75) is 58.0 Å². The van der Waals surface area contributed by atoms with Crippen LogP contribution in [0.4, 0.5) is 0 Å². The normalized spacial score (nSPS) is 20.1. The zero-order chi connectivity index (χ0) is 21.2. The molecule has 0 aliphatic heterocycles. The lowest BCUT2D eigenvalue weighted by molar-refractivity contribution is -0.140. The van der Waals surface area contributed by atoms with Crippen LogP contribution in [0.1, 0.15) is 57.6 Å². The molecule has 1 aliphatic carbocycles. The molecule has 0 radical (unpaired) electrons. The van der Waals surface area contributed by atoms with Gasteiger partial charge in [-0.05, 0) is 38.2 Å². The molecule has 1 aromatic rings. The fraction of sp³-hybridized carbons (Fsp3) is 0.636. The Morgan fingerprint density at radius 1 is 1.28 bits per heavy atom. The van der Waals surface area contributed by atoms with E-state index in [1.807, 2.05) is 19.1 Å². The Morgan fingerprint density at radius 3 is 2.66 bits per heavy atom. The maximum Gasteiger partial charge on any atom is 0.247 e. The van der Waals surface area contributed by atoms with E-state index in [0.717, 1.165) is 19.3 Å². The highest BCUT2D eigenvalue weighted by Gasteiger charge is 2.34. The second kappa shape index (κ2) is 12.4. The predicted octanol–water partition coefficient (Wildman–Crippen LogP) is 4.57. The molecule has 1 fully saturated rings. The van der Waals surface area contributed by atoms with Gasteiger partial charge in [0, 0.05) is 36.4 Å². The first-order chi connectivity index (χ1) is 14.0. The smallest absolute Gasteiger partial charge is 0.247 e. The lowest BCUT2D eigenvalue weighted by Gasteiger charge is -2.35. The zero-order valence-electron chi connectivity index (χ0n) is 17.3. The van der Waals surface area contributed by atoms with Crippen LogP contribution >= 0.6 is 23.2 Å². The van der Waals surface area contributed by atoms with Crippen molar-refractivity contribution in [2.24, 2.45) is 5.92 Å². The van der Waals surface area contributed by atoms with Crippen molar-refractivity contribution in [3.05, 3.63) is 34.9 Å². The van der Waals surface area contributed by atoms with Crippen molar-refractivity contribution in [1.82, 2.24) is 10.2 Å². The Morgan fingerprint density at radius 2 is 2.00 bits per heavy atom. The van der Waals surface area contributed by atoms with Crippen molar-refractivity contribution in [2.75, 3.05) is 25.6 Å². The molecule has 2 rings (SSSR count). The number of nitrogens with zero attached hydrogens (tertiary/aromatic N) is 1. The van der Waals surface area contributed by atoms with E-state index >= 15 is 0 Å². The molecule has 2 amide bonds. The van der Waals surface area contributed by atoms with Gasteiger partial charge in [-0.15, -0.1) is 11.6 Å². The molecule has 0 aromatic heterocycles. The van der Waals surface area contributed by atoms with E-state index in [9.17, 15) is 9.59 Å². The van der Waals surface area contributed by atoms with Crippen molar-refractivity contribution in [3.8, 4) is 0 Å². The average molecular weight is 443 g/mol. The molecule has 1 N–H and O–H groups in total. The van der Waals surface area contributed by atoms with Gasteiger partial charge >= 0.3 is 0 Å². The quantitative estimate of drug-likeness (QED) is 0.426. The molecular formula is C22H32Cl2N2O3. The molecule has 29 heavy (non-hydrogen) atoms. The summed E-state index contributed by atoms with van der Waals surface area (Å²) in [5.74, 6) is -0.274. The second-order valence-electron chi connectivity index (χ2n) is 7.57. The van der Waals surface area contributed by atoms with Crippen LogP contribution in [-0.4, -0.2) is 48.4 Å². The van der Waals surface area contributed by atoms with Gasteiger partial charge in [-0.1, -0.05) is 49.6 Å². The SMILES string of the molecule is CCOCCCN(C(=O)CCl)[C@H](C(=O)N[C@@H]1CCCC[C@H]1C)c1ccccc1Cl. The van der Waals surface area contributed by atoms with Crippen LogP contribution in [0.2, 0.25) is 5.02 Å². The van der Waals surface area contributed by atoms with Crippen LogP contribution in [-0.2, 0) is 14.3 Å². The first kappa shape index (κ1) is 24.0. The molecule has 0 spiro atoms. The molecule has 1 aromatic carbocycles. The minimum absolute atomic E-state index is 0.109. The van der Waals surface area contributed by atoms with E-state index in [1.54, 1.807) is 12.1 Å². The highest BCUT2D eigenvalue weighted by molar-refractivity contribution is 6.31. The number of nitrogens with one attached hydrogen (secondary N) is 1. The van der Waals surface area contributed by atoms with Crippen LogP contribution < -0.4 is 5.32 Å². The first-order valence-electron chi connectivity index (χ1n) is 10.5. The van der Waals surface area contributed by atoms with Crippen LogP contribution in [0.25, 0.3) is 0 Å². The van der Waals surface area contributed by atoms with E-state index in [0.29, 0.717) is 42.7 Å². The number of halogens is 2. The van der Waals surface area contributed by atoms with Gasteiger partial charge in [0.05, 0.1) is 0 Å². The van der Waals surface area contributed by atoms with Gasteiger partial charge in [-0.25, -0.2) is 0 Å². The van der Waals surface area contributed by atoms with Gasteiger partial charge in [-0.3, -0.25) is 9.59 Å². The molecule has 0 unspecified atom stereocenters. The molecule has 1 aliphatic rings. The van der Waals surface area contributed by atoms with E-state index in [2.05, 4.69) is 12.2 Å². The minimum atomic E-state index is -0.814. The van der Waals surface area contributed by atoms with Gasteiger partial charge in [0.15, 0.2) is 0 Å². The molecule has 0 heterocycles. The number of hydrogen-bond acceptors (Lipinski definition) is 3. The van der Waals surface area contributed by atoms with Crippen molar-refractivity contribution >= 4 is 35.0 Å². The summed E-state index contributed by atoms with van der Waals surface area (Å²) >= 11 is 12.3. The summed E-state index contributed by atoms with van der Waals surface area (Å²) in [6.07, 6.45) is 4.96. The summed E-state index contributed by atoms with van der Waals surface area (Å²) < 4.78 is 5.40. The van der Waals surface area contributed by atoms with Crippen molar-refractivity contribution in [1.29, 1.82) is 0 Å². The van der Waals surface area contributed by atoms with E-state index in [4.69, 9.17) is 27.9 Å². The van der Waals surface area contributed by atoms with Gasteiger partial charge in [0.25, 0.3) is 0 Å². The van der Waals surface area contributed by atoms with E-state index in [-0.39, 0.29) is 23.7 Å². The Labute approximate surface area is 184 Å². The molecule has 1 saturated carbocycles. The maximum absolute atomic E-state index is 13.4. The van der Waals surface area contributed by atoms with E-state index < -0.39 is 6.04 Å². The molecule has 5 nitrogen and oxygen atoms in total. The molecule has 0 bridgehead atoms. The van der Waals surface area contributed by atoms with Crippen LogP contribution in [0, 0.1) is 5.92 Å². The van der Waals surface area contributed by atoms with Gasteiger partial charge in [0.2, 0.25) is 11.8 Å². The number of carbonyl (C=O) groups is 2. The summed E-state index contributed by atoms with van der Waals surface area (Å²) in [6, 6.07) is 6.47. The van der Waals surface area contributed by atoms with E-state index in [1.165, 1.54) is 11.3 Å². The third-order valence-corrected chi connectivity index (χ3v) is 6.10. The number of ether oxygens (including phenoxy) is 1. The fourth-order valence-electron chi connectivity index (χ4n) is 3.90.